The zero-order valence-corrected chi connectivity index (χ0v) is 16.4. The molecule has 0 aliphatic heterocycles. The van der Waals surface area contributed by atoms with Crippen molar-refractivity contribution in [3.8, 4) is 0 Å². The Bertz CT molecular complexity index is 788. The molecule has 5 nitrogen and oxygen atoms in total. The van der Waals surface area contributed by atoms with Crippen molar-refractivity contribution < 1.29 is 14.3 Å². The first kappa shape index (κ1) is 19.8. The van der Waals surface area contributed by atoms with Gasteiger partial charge in [0.05, 0.1) is 0 Å². The zero-order chi connectivity index (χ0) is 19.3. The summed E-state index contributed by atoms with van der Waals surface area (Å²) < 4.78 is 5.28. The molecule has 0 saturated carbocycles. The van der Waals surface area contributed by atoms with Crippen LogP contribution in [0.2, 0.25) is 0 Å². The molecule has 1 aromatic carbocycles. The van der Waals surface area contributed by atoms with Crippen LogP contribution in [0.15, 0.2) is 42.3 Å². The summed E-state index contributed by atoms with van der Waals surface area (Å²) in [5.41, 5.74) is 1.86. The number of aromatic nitrogens is 1. The van der Waals surface area contributed by atoms with Gasteiger partial charge < -0.3 is 10.1 Å². The number of ether oxygens (including phenoxy) is 1. The molecule has 0 fully saturated rings. The fraction of sp³-hybridized carbons (Fsp3) is 0.350. The lowest BCUT2D eigenvalue weighted by molar-refractivity contribution is 0.0314. The maximum absolute atomic E-state index is 12.5. The minimum atomic E-state index is -0.880. The summed E-state index contributed by atoms with van der Waals surface area (Å²) in [5, 5.41) is 5.21. The van der Waals surface area contributed by atoms with E-state index in [2.05, 4.69) is 37.7 Å². The molecule has 1 N–H and O–H groups in total. The van der Waals surface area contributed by atoms with E-state index >= 15 is 0 Å². The van der Waals surface area contributed by atoms with Crippen molar-refractivity contribution in [3.05, 3.63) is 59.1 Å². The number of carbonyl (C=O) groups excluding carboxylic acids is 2. The standard InChI is InChI=1S/C20H24N2O3S/c1-6-11-21-19-22-16(12-26-19)18(24)25-13(2)17(23)14-7-9-15(10-8-14)20(3,4)5/h6-10,12-13H,1,11H2,2-5H3,(H,21,22)/t13-/m0/s1. The molecule has 138 valence electrons. The number of benzene rings is 1. The van der Waals surface area contributed by atoms with E-state index in [9.17, 15) is 9.59 Å². The maximum atomic E-state index is 12.5. The number of hydrogen-bond donors (Lipinski definition) is 1. The van der Waals surface area contributed by atoms with Gasteiger partial charge in [-0.2, -0.15) is 0 Å². The number of nitrogens with zero attached hydrogens (tertiary/aromatic N) is 1. The Labute approximate surface area is 158 Å². The highest BCUT2D eigenvalue weighted by atomic mass is 32.1. The lowest BCUT2D eigenvalue weighted by Crippen LogP contribution is -2.24. The largest absolute Gasteiger partial charge is 0.450 e. The first-order valence-corrected chi connectivity index (χ1v) is 9.26. The number of carbonyl (C=O) groups is 2. The van der Waals surface area contributed by atoms with Gasteiger partial charge in [-0.05, 0) is 17.9 Å². The molecule has 0 aliphatic carbocycles. The molecule has 1 aromatic heterocycles. The second-order valence-electron chi connectivity index (χ2n) is 6.95. The van der Waals surface area contributed by atoms with E-state index in [1.54, 1.807) is 30.5 Å². The van der Waals surface area contributed by atoms with E-state index in [1.807, 2.05) is 12.1 Å². The first-order chi connectivity index (χ1) is 12.2. The highest BCUT2D eigenvalue weighted by Crippen LogP contribution is 2.23. The zero-order valence-electron chi connectivity index (χ0n) is 15.5. The number of rotatable bonds is 7. The Balaban J connectivity index is 2.00. The monoisotopic (exact) mass is 372 g/mol. The van der Waals surface area contributed by atoms with Crippen LogP contribution in [-0.2, 0) is 10.2 Å². The average molecular weight is 372 g/mol. The van der Waals surface area contributed by atoms with Gasteiger partial charge >= 0.3 is 5.97 Å². The highest BCUT2D eigenvalue weighted by Gasteiger charge is 2.22. The number of thiazole rings is 1. The third-order valence-corrected chi connectivity index (χ3v) is 4.60. The van der Waals surface area contributed by atoms with Gasteiger partial charge in [-0.1, -0.05) is 51.1 Å². The van der Waals surface area contributed by atoms with E-state index in [4.69, 9.17) is 4.74 Å². The second kappa shape index (κ2) is 8.27. The van der Waals surface area contributed by atoms with Crippen molar-refractivity contribution in [1.82, 2.24) is 4.98 Å². The Morgan fingerprint density at radius 2 is 1.96 bits per heavy atom. The van der Waals surface area contributed by atoms with Gasteiger partial charge in [-0.25, -0.2) is 9.78 Å². The van der Waals surface area contributed by atoms with Gasteiger partial charge in [0.15, 0.2) is 16.9 Å². The smallest absolute Gasteiger partial charge is 0.358 e. The molecule has 26 heavy (non-hydrogen) atoms. The Morgan fingerprint density at radius 3 is 2.54 bits per heavy atom. The molecule has 0 aliphatic rings. The van der Waals surface area contributed by atoms with Crippen molar-refractivity contribution in [1.29, 1.82) is 0 Å². The molecule has 0 bridgehead atoms. The van der Waals surface area contributed by atoms with E-state index in [0.29, 0.717) is 17.2 Å². The number of anilines is 1. The van der Waals surface area contributed by atoms with Crippen LogP contribution < -0.4 is 5.32 Å². The molecule has 0 unspecified atom stereocenters. The molecule has 2 aromatic rings. The number of hydrogen-bond acceptors (Lipinski definition) is 6. The van der Waals surface area contributed by atoms with Crippen molar-refractivity contribution in [3.63, 3.8) is 0 Å². The van der Waals surface area contributed by atoms with E-state index in [-0.39, 0.29) is 16.9 Å². The predicted molar refractivity (Wildman–Crippen MR) is 105 cm³/mol. The number of Topliss-reactive ketones (excluding diaryl/α,β-unsaturated/α-hetero) is 1. The SMILES string of the molecule is C=CCNc1nc(C(=O)O[C@@H](C)C(=O)c2ccc(C(C)(C)C)cc2)cs1. The minimum absolute atomic E-state index is 0.0155. The van der Waals surface area contributed by atoms with Crippen LogP contribution in [0.5, 0.6) is 0 Å². The van der Waals surface area contributed by atoms with Crippen LogP contribution in [0.3, 0.4) is 0 Å². The van der Waals surface area contributed by atoms with Crippen molar-refractivity contribution in [2.24, 2.45) is 0 Å². The molecule has 1 atom stereocenters. The first-order valence-electron chi connectivity index (χ1n) is 8.38. The summed E-state index contributed by atoms with van der Waals surface area (Å²) in [7, 11) is 0. The summed E-state index contributed by atoms with van der Waals surface area (Å²) in [6.07, 6.45) is 0.819. The van der Waals surface area contributed by atoms with Gasteiger partial charge in [-0.3, -0.25) is 4.79 Å². The average Bonchev–Trinajstić information content (AvgIpc) is 3.07. The predicted octanol–water partition coefficient (Wildman–Crippen LogP) is 4.47. The maximum Gasteiger partial charge on any atom is 0.358 e. The van der Waals surface area contributed by atoms with Crippen molar-refractivity contribution >= 4 is 28.2 Å². The van der Waals surface area contributed by atoms with Crippen LogP contribution in [0.4, 0.5) is 5.13 Å². The van der Waals surface area contributed by atoms with Gasteiger partial charge in [0.25, 0.3) is 0 Å². The minimum Gasteiger partial charge on any atom is -0.450 e. The molecule has 0 spiro atoms. The van der Waals surface area contributed by atoms with Gasteiger partial charge in [-0.15, -0.1) is 17.9 Å². The highest BCUT2D eigenvalue weighted by molar-refractivity contribution is 7.13. The lowest BCUT2D eigenvalue weighted by Gasteiger charge is -2.19. The summed E-state index contributed by atoms with van der Waals surface area (Å²) >= 11 is 1.30. The van der Waals surface area contributed by atoms with Crippen LogP contribution >= 0.6 is 11.3 Å². The van der Waals surface area contributed by atoms with Gasteiger partial charge in [0, 0.05) is 17.5 Å². The lowest BCUT2D eigenvalue weighted by atomic mass is 9.86. The van der Waals surface area contributed by atoms with E-state index in [0.717, 1.165) is 5.56 Å². The molecule has 0 radical (unpaired) electrons. The van der Waals surface area contributed by atoms with Crippen LogP contribution in [-0.4, -0.2) is 29.4 Å². The van der Waals surface area contributed by atoms with Crippen LogP contribution in [0, 0.1) is 0 Å². The molecular weight excluding hydrogens is 348 g/mol. The molecule has 0 saturated heterocycles. The topological polar surface area (TPSA) is 68.3 Å². The fourth-order valence-corrected chi connectivity index (χ4v) is 2.94. The number of nitrogens with one attached hydrogen (secondary N) is 1. The summed E-state index contributed by atoms with van der Waals surface area (Å²) in [4.78, 5) is 28.8. The van der Waals surface area contributed by atoms with Crippen LogP contribution in [0.1, 0.15) is 54.1 Å². The van der Waals surface area contributed by atoms with Crippen LogP contribution in [0.25, 0.3) is 0 Å². The molecular formula is C20H24N2O3S. The van der Waals surface area contributed by atoms with E-state index in [1.165, 1.54) is 11.3 Å². The Hall–Kier alpha value is -2.47. The summed E-state index contributed by atoms with van der Waals surface area (Å²) in [6, 6.07) is 7.40. The fourth-order valence-electron chi connectivity index (χ4n) is 2.25. The van der Waals surface area contributed by atoms with Gasteiger partial charge in [0.2, 0.25) is 5.78 Å². The second-order valence-corrected chi connectivity index (χ2v) is 7.80. The molecule has 2 rings (SSSR count). The number of esters is 1. The molecule has 0 amide bonds. The van der Waals surface area contributed by atoms with Gasteiger partial charge in [0.1, 0.15) is 0 Å². The normalized spacial score (nSPS) is 12.3. The van der Waals surface area contributed by atoms with Crippen molar-refractivity contribution in [2.45, 2.75) is 39.2 Å². The molecule has 1 heterocycles. The van der Waals surface area contributed by atoms with E-state index < -0.39 is 12.1 Å². The number of ketones is 1. The summed E-state index contributed by atoms with van der Waals surface area (Å²) in [5.74, 6) is -0.848. The van der Waals surface area contributed by atoms with Crippen molar-refractivity contribution in [2.75, 3.05) is 11.9 Å². The third-order valence-electron chi connectivity index (χ3n) is 3.80. The third kappa shape index (κ3) is 5.02. The Kier molecular flexibility index (Phi) is 6.32. The Morgan fingerprint density at radius 1 is 1.31 bits per heavy atom. The molecule has 6 heteroatoms. The summed E-state index contributed by atoms with van der Waals surface area (Å²) in [6.45, 7) is 12.1. The quantitative estimate of drug-likeness (QED) is 0.441.